The van der Waals surface area contributed by atoms with E-state index in [1.165, 1.54) is 10.4 Å². The third-order valence-corrected chi connectivity index (χ3v) is 5.36. The average Bonchev–Trinajstić information content (AvgIpc) is 2.76. The van der Waals surface area contributed by atoms with Crippen molar-refractivity contribution in [3.05, 3.63) is 55.7 Å². The predicted molar refractivity (Wildman–Crippen MR) is 90.7 cm³/mol. The van der Waals surface area contributed by atoms with E-state index in [1.54, 1.807) is 0 Å². The standard InChI is InChI=1S/C15H15Cl2NS.ClH/c16-13-2-1-3-14(17)12(13)10-18-7-4-11-6-9-19-15(11)5-8-18;/h1-3,6,9H,4-5,7-8,10H2;1H. The van der Waals surface area contributed by atoms with Crippen LogP contribution in [-0.4, -0.2) is 18.0 Å². The first-order valence-electron chi connectivity index (χ1n) is 6.44. The maximum absolute atomic E-state index is 6.25. The van der Waals surface area contributed by atoms with E-state index >= 15 is 0 Å². The Morgan fingerprint density at radius 2 is 1.75 bits per heavy atom. The molecular formula is C15H16Cl3NS. The van der Waals surface area contributed by atoms with E-state index in [-0.39, 0.29) is 12.4 Å². The molecule has 5 heteroatoms. The molecule has 108 valence electrons. The zero-order valence-electron chi connectivity index (χ0n) is 10.9. The monoisotopic (exact) mass is 347 g/mol. The second-order valence-electron chi connectivity index (χ2n) is 4.85. The Kier molecular flexibility index (Phi) is 5.76. The number of halogens is 3. The topological polar surface area (TPSA) is 3.24 Å². The number of hydrogen-bond donors (Lipinski definition) is 0. The summed E-state index contributed by atoms with van der Waals surface area (Å²) in [6.45, 7) is 2.99. The van der Waals surface area contributed by atoms with Crippen molar-refractivity contribution in [2.45, 2.75) is 19.4 Å². The Morgan fingerprint density at radius 1 is 1.05 bits per heavy atom. The van der Waals surface area contributed by atoms with Crippen molar-refractivity contribution < 1.29 is 0 Å². The smallest absolute Gasteiger partial charge is 0.0465 e. The van der Waals surface area contributed by atoms with Crippen LogP contribution in [0, 0.1) is 0 Å². The molecule has 20 heavy (non-hydrogen) atoms. The predicted octanol–water partition coefficient (Wildman–Crippen LogP) is 5.08. The van der Waals surface area contributed by atoms with Crippen molar-refractivity contribution in [3.8, 4) is 0 Å². The molecule has 0 fully saturated rings. The van der Waals surface area contributed by atoms with Crippen molar-refractivity contribution in [2.75, 3.05) is 13.1 Å². The fourth-order valence-corrected chi connectivity index (χ4v) is 3.97. The maximum Gasteiger partial charge on any atom is 0.0465 e. The van der Waals surface area contributed by atoms with Crippen LogP contribution in [0.4, 0.5) is 0 Å². The average molecular weight is 349 g/mol. The highest BCUT2D eigenvalue weighted by molar-refractivity contribution is 7.10. The molecule has 1 nitrogen and oxygen atoms in total. The second kappa shape index (κ2) is 7.15. The second-order valence-corrected chi connectivity index (χ2v) is 6.66. The summed E-state index contributed by atoms with van der Waals surface area (Å²) < 4.78 is 0. The molecule has 0 N–H and O–H groups in total. The van der Waals surface area contributed by atoms with Gasteiger partial charge in [0, 0.05) is 40.1 Å². The van der Waals surface area contributed by atoms with Crippen molar-refractivity contribution in [3.63, 3.8) is 0 Å². The van der Waals surface area contributed by atoms with E-state index in [0.717, 1.165) is 48.1 Å². The van der Waals surface area contributed by atoms with Crippen LogP contribution in [0.3, 0.4) is 0 Å². The summed E-state index contributed by atoms with van der Waals surface area (Å²) in [5.41, 5.74) is 2.56. The maximum atomic E-state index is 6.25. The van der Waals surface area contributed by atoms with Crippen molar-refractivity contribution in [2.24, 2.45) is 0 Å². The van der Waals surface area contributed by atoms with Crippen molar-refractivity contribution in [1.29, 1.82) is 0 Å². The molecule has 2 heterocycles. The van der Waals surface area contributed by atoms with Gasteiger partial charge in [0.25, 0.3) is 0 Å². The summed E-state index contributed by atoms with van der Waals surface area (Å²) >= 11 is 14.4. The van der Waals surface area contributed by atoms with Crippen LogP contribution >= 0.6 is 46.9 Å². The number of nitrogens with zero attached hydrogens (tertiary/aromatic N) is 1. The minimum absolute atomic E-state index is 0. The van der Waals surface area contributed by atoms with Crippen LogP contribution in [0.15, 0.2) is 29.6 Å². The molecule has 0 bridgehead atoms. The molecule has 2 aromatic rings. The Labute approximate surface area is 139 Å². The Balaban J connectivity index is 0.00000147. The van der Waals surface area contributed by atoms with E-state index in [2.05, 4.69) is 16.3 Å². The number of thiophene rings is 1. The molecule has 1 aromatic heterocycles. The number of benzene rings is 1. The van der Waals surface area contributed by atoms with E-state index in [9.17, 15) is 0 Å². The number of rotatable bonds is 2. The molecule has 0 atom stereocenters. The summed E-state index contributed by atoms with van der Waals surface area (Å²) in [7, 11) is 0. The third kappa shape index (κ3) is 3.49. The largest absolute Gasteiger partial charge is 0.298 e. The minimum atomic E-state index is 0. The minimum Gasteiger partial charge on any atom is -0.298 e. The molecule has 0 saturated carbocycles. The fourth-order valence-electron chi connectivity index (χ4n) is 2.52. The summed E-state index contributed by atoms with van der Waals surface area (Å²) in [5, 5.41) is 3.74. The molecule has 0 amide bonds. The van der Waals surface area contributed by atoms with Crippen molar-refractivity contribution >= 4 is 46.9 Å². The van der Waals surface area contributed by atoms with Gasteiger partial charge in [-0.15, -0.1) is 23.7 Å². The SMILES string of the molecule is Cl.Clc1cccc(Cl)c1CN1CCc2ccsc2CC1. The molecule has 3 rings (SSSR count). The van der Waals surface area contributed by atoms with Gasteiger partial charge in [-0.05, 0) is 42.0 Å². The molecule has 0 spiro atoms. The highest BCUT2D eigenvalue weighted by atomic mass is 35.5. The molecule has 0 aliphatic carbocycles. The summed E-state index contributed by atoms with van der Waals surface area (Å²) in [5.74, 6) is 0. The first-order valence-corrected chi connectivity index (χ1v) is 8.08. The number of fused-ring (bicyclic) bond motifs is 1. The van der Waals surface area contributed by atoms with Gasteiger partial charge in [0.2, 0.25) is 0 Å². The number of hydrogen-bond acceptors (Lipinski definition) is 2. The lowest BCUT2D eigenvalue weighted by molar-refractivity contribution is 0.279. The lowest BCUT2D eigenvalue weighted by Crippen LogP contribution is -2.26. The molecule has 0 unspecified atom stereocenters. The van der Waals surface area contributed by atoms with Gasteiger partial charge in [0.15, 0.2) is 0 Å². The van der Waals surface area contributed by atoms with Gasteiger partial charge in [-0.2, -0.15) is 0 Å². The van der Waals surface area contributed by atoms with Crippen LogP contribution in [0.5, 0.6) is 0 Å². The summed E-state index contributed by atoms with van der Waals surface area (Å²) in [6.07, 6.45) is 2.26. The van der Waals surface area contributed by atoms with Crippen LogP contribution in [0.2, 0.25) is 10.0 Å². The van der Waals surface area contributed by atoms with Gasteiger partial charge in [-0.3, -0.25) is 4.90 Å². The molecule has 1 aromatic carbocycles. The van der Waals surface area contributed by atoms with Crippen molar-refractivity contribution in [1.82, 2.24) is 4.90 Å². The Hall–Kier alpha value is -0.250. The molecular weight excluding hydrogens is 333 g/mol. The zero-order valence-corrected chi connectivity index (χ0v) is 14.1. The Morgan fingerprint density at radius 3 is 2.50 bits per heavy atom. The molecule has 1 aliphatic rings. The van der Waals surface area contributed by atoms with Gasteiger partial charge in [-0.1, -0.05) is 29.3 Å². The van der Waals surface area contributed by atoms with Crippen LogP contribution < -0.4 is 0 Å². The van der Waals surface area contributed by atoms with Crippen LogP contribution in [-0.2, 0) is 19.4 Å². The zero-order chi connectivity index (χ0) is 13.2. The van der Waals surface area contributed by atoms with Gasteiger partial charge < -0.3 is 0 Å². The normalized spacial score (nSPS) is 15.3. The quantitative estimate of drug-likeness (QED) is 0.731. The van der Waals surface area contributed by atoms with Crippen LogP contribution in [0.25, 0.3) is 0 Å². The van der Waals surface area contributed by atoms with E-state index in [4.69, 9.17) is 23.2 Å². The third-order valence-electron chi connectivity index (χ3n) is 3.63. The molecule has 1 aliphatic heterocycles. The lowest BCUT2D eigenvalue weighted by Gasteiger charge is -2.21. The highest BCUT2D eigenvalue weighted by Crippen LogP contribution is 2.27. The van der Waals surface area contributed by atoms with E-state index in [0.29, 0.717) is 0 Å². The highest BCUT2D eigenvalue weighted by Gasteiger charge is 2.16. The van der Waals surface area contributed by atoms with E-state index < -0.39 is 0 Å². The van der Waals surface area contributed by atoms with Crippen LogP contribution in [0.1, 0.15) is 16.0 Å². The summed E-state index contributed by atoms with van der Waals surface area (Å²) in [4.78, 5) is 3.98. The fraction of sp³-hybridized carbons (Fsp3) is 0.333. The first-order chi connectivity index (χ1) is 9.24. The van der Waals surface area contributed by atoms with Gasteiger partial charge in [0.05, 0.1) is 0 Å². The summed E-state index contributed by atoms with van der Waals surface area (Å²) in [6, 6.07) is 7.98. The van der Waals surface area contributed by atoms with Gasteiger partial charge >= 0.3 is 0 Å². The molecule has 0 radical (unpaired) electrons. The molecule has 0 saturated heterocycles. The van der Waals surface area contributed by atoms with Gasteiger partial charge in [-0.25, -0.2) is 0 Å². The van der Waals surface area contributed by atoms with Gasteiger partial charge in [0.1, 0.15) is 0 Å². The van der Waals surface area contributed by atoms with E-state index in [1.807, 2.05) is 29.5 Å². The Bertz CT molecular complexity index is 539. The first kappa shape index (κ1) is 16.1. The lowest BCUT2D eigenvalue weighted by atomic mass is 10.2.